The number of rotatable bonds is 5. The molecule has 0 saturated carbocycles. The van der Waals surface area contributed by atoms with Gasteiger partial charge in [0.15, 0.2) is 0 Å². The lowest BCUT2D eigenvalue weighted by molar-refractivity contribution is -0.384. The van der Waals surface area contributed by atoms with E-state index >= 15 is 0 Å². The maximum Gasteiger partial charge on any atom is 0.270 e. The van der Waals surface area contributed by atoms with Crippen molar-refractivity contribution in [3.05, 3.63) is 99.1 Å². The van der Waals surface area contributed by atoms with E-state index in [9.17, 15) is 19.7 Å². The number of amides is 2. The zero-order valence-corrected chi connectivity index (χ0v) is 18.5. The van der Waals surface area contributed by atoms with Crippen LogP contribution in [-0.4, -0.2) is 22.5 Å². The molecule has 0 spiro atoms. The Morgan fingerprint density at radius 3 is 2.61 bits per heavy atom. The molecule has 0 aromatic heterocycles. The van der Waals surface area contributed by atoms with Gasteiger partial charge in [-0.1, -0.05) is 24.3 Å². The summed E-state index contributed by atoms with van der Waals surface area (Å²) >= 11 is 1.59. The number of nitro groups is 1. The van der Waals surface area contributed by atoms with Crippen LogP contribution < -0.4 is 10.2 Å². The van der Waals surface area contributed by atoms with Crippen molar-refractivity contribution in [1.29, 1.82) is 0 Å². The Hall–Kier alpha value is -3.65. The second-order valence-corrected chi connectivity index (χ2v) is 9.19. The Morgan fingerprint density at radius 2 is 1.82 bits per heavy atom. The van der Waals surface area contributed by atoms with E-state index in [2.05, 4.69) is 17.4 Å². The molecule has 8 heteroatoms. The Morgan fingerprint density at radius 1 is 1.03 bits per heavy atom. The number of benzene rings is 3. The van der Waals surface area contributed by atoms with Crippen molar-refractivity contribution in [2.75, 3.05) is 16.0 Å². The zero-order valence-electron chi connectivity index (χ0n) is 17.7. The molecule has 1 aliphatic carbocycles. The highest BCUT2D eigenvalue weighted by atomic mass is 32.2. The molecule has 0 radical (unpaired) electrons. The summed E-state index contributed by atoms with van der Waals surface area (Å²) in [5.74, 6) is 0.0927. The van der Waals surface area contributed by atoms with Crippen molar-refractivity contribution in [2.24, 2.45) is 0 Å². The van der Waals surface area contributed by atoms with Crippen LogP contribution in [0, 0.1) is 10.1 Å². The standard InChI is InChI=1S/C25H21N3O4S/c29-23-15-33-25(27(23)21-12-9-16-3-1-4-18(16)13-21)17-7-10-20(11-8-17)26-24(30)19-5-2-6-22(14-19)28(31)32/h2,5-14,25H,1,3-4,15H2,(H,26,30). The molecule has 2 aliphatic rings. The Kier molecular flexibility index (Phi) is 5.60. The predicted molar refractivity (Wildman–Crippen MR) is 129 cm³/mol. The molecule has 2 amide bonds. The summed E-state index contributed by atoms with van der Waals surface area (Å²) in [6.45, 7) is 0. The van der Waals surface area contributed by atoms with Crippen LogP contribution in [0.2, 0.25) is 0 Å². The van der Waals surface area contributed by atoms with E-state index in [1.807, 2.05) is 23.1 Å². The Bertz CT molecular complexity index is 1260. The van der Waals surface area contributed by atoms with E-state index in [0.29, 0.717) is 11.4 Å². The number of carbonyl (C=O) groups is 2. The molecular weight excluding hydrogens is 438 g/mol. The smallest absolute Gasteiger partial charge is 0.270 e. The molecule has 7 nitrogen and oxygen atoms in total. The van der Waals surface area contributed by atoms with Crippen LogP contribution in [0.4, 0.5) is 17.1 Å². The highest BCUT2D eigenvalue weighted by Crippen LogP contribution is 2.43. The number of thioether (sulfide) groups is 1. The molecule has 33 heavy (non-hydrogen) atoms. The SMILES string of the molecule is O=C(Nc1ccc(C2SCC(=O)N2c2ccc3c(c2)CCC3)cc1)c1cccc([N+](=O)[O-])c1. The molecule has 0 bridgehead atoms. The first kappa shape index (κ1) is 21.2. The molecule has 1 N–H and O–H groups in total. The number of nitrogens with one attached hydrogen (secondary N) is 1. The van der Waals surface area contributed by atoms with Gasteiger partial charge in [-0.3, -0.25) is 24.6 Å². The monoisotopic (exact) mass is 459 g/mol. The van der Waals surface area contributed by atoms with Crippen molar-refractivity contribution in [2.45, 2.75) is 24.6 Å². The molecule has 1 heterocycles. The first-order chi connectivity index (χ1) is 16.0. The lowest BCUT2D eigenvalue weighted by Gasteiger charge is -2.25. The second kappa shape index (κ2) is 8.71. The molecule has 3 aromatic carbocycles. The van der Waals surface area contributed by atoms with Gasteiger partial charge < -0.3 is 5.32 Å². The fourth-order valence-electron chi connectivity index (χ4n) is 4.35. The third-order valence-electron chi connectivity index (χ3n) is 6.00. The quantitative estimate of drug-likeness (QED) is 0.423. The number of aryl methyl sites for hydroxylation is 2. The third kappa shape index (κ3) is 4.21. The predicted octanol–water partition coefficient (Wildman–Crippen LogP) is 5.11. The average molecular weight is 460 g/mol. The number of carbonyl (C=O) groups excluding carboxylic acids is 2. The van der Waals surface area contributed by atoms with Gasteiger partial charge in [-0.25, -0.2) is 0 Å². The maximum absolute atomic E-state index is 12.7. The van der Waals surface area contributed by atoms with E-state index in [0.717, 1.165) is 30.5 Å². The summed E-state index contributed by atoms with van der Waals surface area (Å²) in [4.78, 5) is 37.5. The highest BCUT2D eigenvalue weighted by Gasteiger charge is 2.34. The van der Waals surface area contributed by atoms with Gasteiger partial charge in [0, 0.05) is 29.1 Å². The van der Waals surface area contributed by atoms with Gasteiger partial charge >= 0.3 is 0 Å². The number of nitro benzene ring substituents is 1. The number of anilines is 2. The van der Waals surface area contributed by atoms with Crippen molar-refractivity contribution in [1.82, 2.24) is 0 Å². The fraction of sp³-hybridized carbons (Fsp3) is 0.200. The van der Waals surface area contributed by atoms with Gasteiger partial charge in [-0.2, -0.15) is 0 Å². The first-order valence-electron chi connectivity index (χ1n) is 10.7. The molecular formula is C25H21N3O4S. The lowest BCUT2D eigenvalue weighted by Crippen LogP contribution is -2.27. The summed E-state index contributed by atoms with van der Waals surface area (Å²) in [6.07, 6.45) is 3.32. The van der Waals surface area contributed by atoms with Gasteiger partial charge in [0.1, 0.15) is 5.37 Å². The number of nitrogens with zero attached hydrogens (tertiary/aromatic N) is 2. The normalized spacial score (nSPS) is 17.2. The Balaban J connectivity index is 1.33. The van der Waals surface area contributed by atoms with Crippen LogP contribution in [0.5, 0.6) is 0 Å². The summed E-state index contributed by atoms with van der Waals surface area (Å²) in [5, 5.41) is 13.6. The summed E-state index contributed by atoms with van der Waals surface area (Å²) in [5.41, 5.74) is 5.27. The molecule has 3 aromatic rings. The molecule has 1 unspecified atom stereocenters. The third-order valence-corrected chi connectivity index (χ3v) is 7.21. The maximum atomic E-state index is 12.7. The number of hydrogen-bond donors (Lipinski definition) is 1. The van der Waals surface area contributed by atoms with E-state index < -0.39 is 10.8 Å². The van der Waals surface area contributed by atoms with Gasteiger partial charge in [0.25, 0.3) is 11.6 Å². The van der Waals surface area contributed by atoms with E-state index in [1.165, 1.54) is 35.4 Å². The van der Waals surface area contributed by atoms with Gasteiger partial charge in [-0.05, 0) is 66.3 Å². The average Bonchev–Trinajstić information content (AvgIpc) is 3.45. The Labute approximate surface area is 194 Å². The largest absolute Gasteiger partial charge is 0.322 e. The molecule has 1 atom stereocenters. The summed E-state index contributed by atoms with van der Waals surface area (Å²) < 4.78 is 0. The van der Waals surface area contributed by atoms with E-state index in [1.54, 1.807) is 23.9 Å². The minimum absolute atomic E-state index is 0.0889. The molecule has 1 saturated heterocycles. The number of non-ortho nitro benzene ring substituents is 1. The van der Waals surface area contributed by atoms with Crippen LogP contribution in [-0.2, 0) is 17.6 Å². The van der Waals surface area contributed by atoms with E-state index in [-0.39, 0.29) is 22.5 Å². The van der Waals surface area contributed by atoms with Crippen molar-refractivity contribution >= 4 is 40.6 Å². The minimum atomic E-state index is -0.529. The number of hydrogen-bond acceptors (Lipinski definition) is 5. The van der Waals surface area contributed by atoms with Crippen LogP contribution >= 0.6 is 11.8 Å². The molecule has 5 rings (SSSR count). The minimum Gasteiger partial charge on any atom is -0.322 e. The van der Waals surface area contributed by atoms with Crippen molar-refractivity contribution < 1.29 is 14.5 Å². The van der Waals surface area contributed by atoms with Crippen molar-refractivity contribution in [3.8, 4) is 0 Å². The second-order valence-electron chi connectivity index (χ2n) is 8.12. The van der Waals surface area contributed by atoms with Crippen LogP contribution in [0.25, 0.3) is 0 Å². The van der Waals surface area contributed by atoms with Crippen LogP contribution in [0.1, 0.15) is 38.8 Å². The summed E-state index contributed by atoms with van der Waals surface area (Å²) in [7, 11) is 0. The van der Waals surface area contributed by atoms with Gasteiger partial charge in [0.2, 0.25) is 5.91 Å². The molecule has 1 fully saturated rings. The first-order valence-corrected chi connectivity index (χ1v) is 11.8. The zero-order chi connectivity index (χ0) is 22.9. The summed E-state index contributed by atoms with van der Waals surface area (Å²) in [6, 6.07) is 19.3. The van der Waals surface area contributed by atoms with Gasteiger partial charge in [0.05, 0.1) is 10.7 Å². The van der Waals surface area contributed by atoms with Crippen LogP contribution in [0.3, 0.4) is 0 Å². The van der Waals surface area contributed by atoms with Crippen molar-refractivity contribution in [3.63, 3.8) is 0 Å². The fourth-order valence-corrected chi connectivity index (χ4v) is 5.53. The molecule has 1 aliphatic heterocycles. The number of fused-ring (bicyclic) bond motifs is 1. The van der Waals surface area contributed by atoms with Gasteiger partial charge in [-0.15, -0.1) is 11.8 Å². The topological polar surface area (TPSA) is 92.6 Å². The molecule has 166 valence electrons. The lowest BCUT2D eigenvalue weighted by atomic mass is 10.1. The highest BCUT2D eigenvalue weighted by molar-refractivity contribution is 8.00. The van der Waals surface area contributed by atoms with Crippen LogP contribution in [0.15, 0.2) is 66.7 Å². The van der Waals surface area contributed by atoms with E-state index in [4.69, 9.17) is 0 Å².